The van der Waals surface area contributed by atoms with Crippen molar-refractivity contribution in [2.24, 2.45) is 0 Å². The normalized spacial score (nSPS) is 7.62. The summed E-state index contributed by atoms with van der Waals surface area (Å²) >= 11 is 3.31. The molecule has 0 atom stereocenters. The zero-order chi connectivity index (χ0) is 5.11. The molecule has 0 saturated carbocycles. The maximum atomic E-state index is 3.31. The molecular formula is C6H5AsBr. The number of rotatable bonds is 0. The molecule has 3 radical (unpaired) electrons. The summed E-state index contributed by atoms with van der Waals surface area (Å²) in [6, 6.07) is 9.97. The molecule has 0 aromatic heterocycles. The number of hydrogen-bond donors (Lipinski definition) is 0. The van der Waals surface area contributed by atoms with E-state index in [1.165, 1.54) is 0 Å². The van der Waals surface area contributed by atoms with Crippen molar-refractivity contribution in [1.29, 1.82) is 0 Å². The summed E-state index contributed by atoms with van der Waals surface area (Å²) in [5.41, 5.74) is 0. The van der Waals surface area contributed by atoms with Gasteiger partial charge in [-0.3, -0.25) is 0 Å². The van der Waals surface area contributed by atoms with E-state index in [9.17, 15) is 0 Å². The van der Waals surface area contributed by atoms with Gasteiger partial charge in [0.15, 0.2) is 0 Å². The van der Waals surface area contributed by atoms with Crippen LogP contribution in [-0.4, -0.2) is 18.0 Å². The molecule has 1 rings (SSSR count). The Morgan fingerprint density at radius 2 is 1.50 bits per heavy atom. The van der Waals surface area contributed by atoms with E-state index < -0.39 is 0 Å². The van der Waals surface area contributed by atoms with E-state index in [4.69, 9.17) is 0 Å². The second-order valence-corrected chi connectivity index (χ2v) is 2.21. The van der Waals surface area contributed by atoms with Crippen molar-refractivity contribution in [3.63, 3.8) is 0 Å². The van der Waals surface area contributed by atoms with Gasteiger partial charge in [-0.2, -0.15) is 0 Å². The van der Waals surface area contributed by atoms with Crippen molar-refractivity contribution < 1.29 is 0 Å². The molecule has 0 aliphatic heterocycles. The summed E-state index contributed by atoms with van der Waals surface area (Å²) in [4.78, 5) is 0. The summed E-state index contributed by atoms with van der Waals surface area (Å²) in [6.07, 6.45) is 0. The van der Waals surface area contributed by atoms with Gasteiger partial charge >= 0.3 is 0 Å². The fourth-order valence-electron chi connectivity index (χ4n) is 0.415. The minimum Gasteiger partial charge on any atom is -0.0622 e. The van der Waals surface area contributed by atoms with Crippen LogP contribution in [0.2, 0.25) is 0 Å². The Morgan fingerprint density at radius 3 is 1.75 bits per heavy atom. The Bertz CT molecular complexity index is 138. The average Bonchev–Trinajstić information content (AvgIpc) is 1.69. The zero-order valence-electron chi connectivity index (χ0n) is 4.21. The molecule has 0 spiro atoms. The first-order chi connectivity index (χ1) is 3.39. The van der Waals surface area contributed by atoms with Crippen LogP contribution in [0, 0.1) is 0 Å². The minimum absolute atomic E-state index is 0. The van der Waals surface area contributed by atoms with E-state index in [1.807, 2.05) is 30.3 Å². The molecular weight excluding hydrogens is 227 g/mol. The third kappa shape index (κ3) is 2.54. The average molecular weight is 232 g/mol. The van der Waals surface area contributed by atoms with E-state index in [0.29, 0.717) is 0 Å². The predicted octanol–water partition coefficient (Wildman–Crippen LogP) is 2.07. The van der Waals surface area contributed by atoms with Gasteiger partial charge in [0.25, 0.3) is 0 Å². The molecule has 2 heteroatoms. The van der Waals surface area contributed by atoms with Gasteiger partial charge in [-0.05, 0) is 12.1 Å². The van der Waals surface area contributed by atoms with Crippen LogP contribution in [0.4, 0.5) is 0 Å². The Morgan fingerprint density at radius 1 is 1.00 bits per heavy atom. The van der Waals surface area contributed by atoms with Crippen LogP contribution in [-0.2, 0) is 0 Å². The molecule has 0 fully saturated rings. The zero-order valence-corrected chi connectivity index (χ0v) is 7.67. The molecule has 0 heterocycles. The summed E-state index contributed by atoms with van der Waals surface area (Å²) in [7, 11) is 0. The van der Waals surface area contributed by atoms with Crippen LogP contribution in [0.15, 0.2) is 34.8 Å². The van der Waals surface area contributed by atoms with Crippen LogP contribution in [0.3, 0.4) is 0 Å². The third-order valence-electron chi connectivity index (χ3n) is 0.733. The van der Waals surface area contributed by atoms with Gasteiger partial charge in [0.05, 0.1) is 0 Å². The van der Waals surface area contributed by atoms with E-state index >= 15 is 0 Å². The van der Waals surface area contributed by atoms with Gasteiger partial charge in [-0.25, -0.2) is 0 Å². The molecule has 41 valence electrons. The maximum Gasteiger partial charge on any atom is 0.0175 e. The molecule has 0 bridgehead atoms. The number of hydrogen-bond acceptors (Lipinski definition) is 0. The van der Waals surface area contributed by atoms with E-state index in [-0.39, 0.29) is 18.0 Å². The first-order valence-electron chi connectivity index (χ1n) is 2.10. The van der Waals surface area contributed by atoms with Gasteiger partial charge in [0.2, 0.25) is 0 Å². The summed E-state index contributed by atoms with van der Waals surface area (Å²) in [5, 5.41) is 0. The SMILES string of the molecule is Brc1ccccc1.[As]. The fourth-order valence-corrected chi connectivity index (χ4v) is 0.720. The van der Waals surface area contributed by atoms with Gasteiger partial charge in [0, 0.05) is 22.4 Å². The molecule has 0 aliphatic rings. The fraction of sp³-hybridized carbons (Fsp3) is 0. The summed E-state index contributed by atoms with van der Waals surface area (Å²) in [6.45, 7) is 0. The van der Waals surface area contributed by atoms with Crippen molar-refractivity contribution in [3.05, 3.63) is 34.8 Å². The molecule has 0 unspecified atom stereocenters. The van der Waals surface area contributed by atoms with Crippen molar-refractivity contribution in [2.75, 3.05) is 0 Å². The van der Waals surface area contributed by atoms with Crippen molar-refractivity contribution in [3.8, 4) is 0 Å². The van der Waals surface area contributed by atoms with Gasteiger partial charge in [-0.15, -0.1) is 0 Å². The maximum absolute atomic E-state index is 3.31. The van der Waals surface area contributed by atoms with E-state index in [0.717, 1.165) is 4.47 Å². The Labute approximate surface area is 68.7 Å². The van der Waals surface area contributed by atoms with Gasteiger partial charge in [-0.1, -0.05) is 34.1 Å². The largest absolute Gasteiger partial charge is 0.0622 e. The Hall–Kier alpha value is 0.258. The minimum atomic E-state index is 0. The second-order valence-electron chi connectivity index (χ2n) is 1.30. The Balaban J connectivity index is 0.000000490. The van der Waals surface area contributed by atoms with Crippen LogP contribution in [0.1, 0.15) is 0 Å². The molecule has 1 aromatic rings. The van der Waals surface area contributed by atoms with E-state index in [1.54, 1.807) is 0 Å². The van der Waals surface area contributed by atoms with E-state index in [2.05, 4.69) is 15.9 Å². The Kier molecular flexibility index (Phi) is 4.30. The van der Waals surface area contributed by atoms with Crippen LogP contribution in [0.25, 0.3) is 0 Å². The molecule has 1 aromatic carbocycles. The molecule has 8 heavy (non-hydrogen) atoms. The molecule has 0 saturated heterocycles. The predicted molar refractivity (Wildman–Crippen MR) is 39.9 cm³/mol. The molecule has 0 N–H and O–H groups in total. The molecule has 0 nitrogen and oxygen atoms in total. The smallest absolute Gasteiger partial charge is 0.0175 e. The molecule has 0 amide bonds. The second kappa shape index (κ2) is 4.17. The van der Waals surface area contributed by atoms with Gasteiger partial charge < -0.3 is 0 Å². The van der Waals surface area contributed by atoms with Crippen molar-refractivity contribution in [1.82, 2.24) is 0 Å². The first kappa shape index (κ1) is 8.26. The van der Waals surface area contributed by atoms with Crippen molar-refractivity contribution >= 4 is 33.9 Å². The van der Waals surface area contributed by atoms with Crippen LogP contribution in [0.5, 0.6) is 0 Å². The standard InChI is InChI=1S/C6H5Br.As/c7-6-4-2-1-3-5-6;/h1-5H;. The van der Waals surface area contributed by atoms with Crippen LogP contribution >= 0.6 is 15.9 Å². The summed E-state index contributed by atoms with van der Waals surface area (Å²) in [5.74, 6) is 0. The first-order valence-corrected chi connectivity index (χ1v) is 2.89. The molecule has 0 aliphatic carbocycles. The monoisotopic (exact) mass is 231 g/mol. The summed E-state index contributed by atoms with van der Waals surface area (Å²) < 4.78 is 1.13. The van der Waals surface area contributed by atoms with Crippen LogP contribution < -0.4 is 0 Å². The number of halogens is 1. The van der Waals surface area contributed by atoms with Crippen molar-refractivity contribution in [2.45, 2.75) is 0 Å². The third-order valence-corrected chi connectivity index (χ3v) is 1.26. The quantitative estimate of drug-likeness (QED) is 0.600. The topological polar surface area (TPSA) is 0 Å². The number of benzene rings is 1. The van der Waals surface area contributed by atoms with Gasteiger partial charge in [0.1, 0.15) is 0 Å².